The van der Waals surface area contributed by atoms with E-state index in [-0.39, 0.29) is 28.6 Å². The lowest BCUT2D eigenvalue weighted by molar-refractivity contribution is 0.268. The Morgan fingerprint density at radius 1 is 0.621 bits per heavy atom. The Balaban J connectivity index is 2.05. The van der Waals surface area contributed by atoms with Crippen molar-refractivity contribution in [3.05, 3.63) is 80.9 Å². The summed E-state index contributed by atoms with van der Waals surface area (Å²) in [7, 11) is 0. The summed E-state index contributed by atoms with van der Waals surface area (Å²) in [6, 6.07) is 10.5. The zero-order chi connectivity index (χ0) is 21.3. The molecule has 0 radical (unpaired) electrons. The van der Waals surface area contributed by atoms with Gasteiger partial charge in [-0.25, -0.2) is 0 Å². The van der Waals surface area contributed by atoms with Gasteiger partial charge in [0.25, 0.3) is 0 Å². The molecule has 0 aromatic heterocycles. The monoisotopic (exact) mass is 394 g/mol. The predicted molar refractivity (Wildman–Crippen MR) is 112 cm³/mol. The number of phenols is 4. The molecule has 0 aliphatic carbocycles. The molecular formula is C24H26O5. The van der Waals surface area contributed by atoms with Crippen LogP contribution >= 0.6 is 0 Å². The molecule has 0 bridgehead atoms. The Hall–Kier alpha value is -3.18. The van der Waals surface area contributed by atoms with E-state index < -0.39 is 6.61 Å². The van der Waals surface area contributed by atoms with Crippen LogP contribution in [-0.4, -0.2) is 25.5 Å². The molecule has 0 heterocycles. The highest BCUT2D eigenvalue weighted by Crippen LogP contribution is 2.37. The number of aliphatic hydroxyl groups excluding tert-OH is 1. The zero-order valence-electron chi connectivity index (χ0n) is 16.8. The van der Waals surface area contributed by atoms with Crippen molar-refractivity contribution in [1.29, 1.82) is 0 Å². The van der Waals surface area contributed by atoms with E-state index in [4.69, 9.17) is 0 Å². The first-order chi connectivity index (χ1) is 13.7. The fourth-order valence-corrected chi connectivity index (χ4v) is 3.57. The van der Waals surface area contributed by atoms with Crippen molar-refractivity contribution in [2.75, 3.05) is 0 Å². The van der Waals surface area contributed by atoms with Crippen molar-refractivity contribution in [1.82, 2.24) is 0 Å². The Labute approximate surface area is 170 Å². The highest BCUT2D eigenvalue weighted by molar-refractivity contribution is 5.56. The van der Waals surface area contributed by atoms with Crippen molar-refractivity contribution < 1.29 is 25.5 Å². The second kappa shape index (κ2) is 8.05. The van der Waals surface area contributed by atoms with Crippen LogP contribution in [0, 0.1) is 20.8 Å². The molecule has 3 rings (SSSR count). The van der Waals surface area contributed by atoms with Gasteiger partial charge < -0.3 is 25.5 Å². The van der Waals surface area contributed by atoms with E-state index in [1.807, 2.05) is 26.0 Å². The molecule has 0 saturated carbocycles. The maximum atomic E-state index is 10.6. The summed E-state index contributed by atoms with van der Waals surface area (Å²) in [6.07, 6.45) is 0.786. The van der Waals surface area contributed by atoms with Crippen LogP contribution in [0.15, 0.2) is 36.4 Å². The van der Waals surface area contributed by atoms with Gasteiger partial charge in [0.05, 0.1) is 12.2 Å². The van der Waals surface area contributed by atoms with Crippen LogP contribution in [0.25, 0.3) is 0 Å². The maximum absolute atomic E-state index is 10.6. The summed E-state index contributed by atoms with van der Waals surface area (Å²) >= 11 is 0. The summed E-state index contributed by atoms with van der Waals surface area (Å²) in [5.74, 6) is 0.179. The minimum Gasteiger partial charge on any atom is -0.508 e. The van der Waals surface area contributed by atoms with Gasteiger partial charge in [-0.1, -0.05) is 18.2 Å². The van der Waals surface area contributed by atoms with E-state index in [0.717, 1.165) is 27.8 Å². The number of aryl methyl sites for hydroxylation is 3. The highest BCUT2D eigenvalue weighted by atomic mass is 16.3. The molecule has 0 amide bonds. The Morgan fingerprint density at radius 2 is 1.24 bits per heavy atom. The van der Waals surface area contributed by atoms with Crippen LogP contribution in [0.4, 0.5) is 0 Å². The lowest BCUT2D eigenvalue weighted by Crippen LogP contribution is -2.01. The van der Waals surface area contributed by atoms with E-state index >= 15 is 0 Å². The fourth-order valence-electron chi connectivity index (χ4n) is 3.57. The minimum absolute atomic E-state index is 0.0983. The molecule has 0 spiro atoms. The number of benzene rings is 3. The molecule has 0 fully saturated rings. The molecule has 5 N–H and O–H groups in total. The normalized spacial score (nSPS) is 11.0. The molecule has 152 valence electrons. The van der Waals surface area contributed by atoms with Crippen LogP contribution < -0.4 is 0 Å². The van der Waals surface area contributed by atoms with Crippen molar-refractivity contribution in [3.8, 4) is 23.0 Å². The number of phenolic OH excluding ortho intramolecular Hbond substituents is 2. The largest absolute Gasteiger partial charge is 0.508 e. The van der Waals surface area contributed by atoms with E-state index in [9.17, 15) is 25.5 Å². The van der Waals surface area contributed by atoms with Gasteiger partial charge in [-0.15, -0.1) is 0 Å². The lowest BCUT2D eigenvalue weighted by atomic mass is 9.92. The SMILES string of the molecule is Cc1cc(Cc2cc(Cc3cc(C)c(O)cc3C)c(O)c(CO)c2O)ccc1O. The Kier molecular flexibility index (Phi) is 5.71. The zero-order valence-corrected chi connectivity index (χ0v) is 16.8. The first-order valence-electron chi connectivity index (χ1n) is 9.45. The van der Waals surface area contributed by atoms with Crippen LogP contribution in [0.5, 0.6) is 23.0 Å². The van der Waals surface area contributed by atoms with E-state index in [0.29, 0.717) is 24.0 Å². The Morgan fingerprint density at radius 3 is 1.86 bits per heavy atom. The molecule has 3 aromatic carbocycles. The smallest absolute Gasteiger partial charge is 0.128 e. The average Bonchev–Trinajstić information content (AvgIpc) is 2.67. The van der Waals surface area contributed by atoms with E-state index in [1.165, 1.54) is 0 Å². The summed E-state index contributed by atoms with van der Waals surface area (Å²) in [4.78, 5) is 0. The molecule has 29 heavy (non-hydrogen) atoms. The van der Waals surface area contributed by atoms with Crippen molar-refractivity contribution in [2.45, 2.75) is 40.2 Å². The van der Waals surface area contributed by atoms with Gasteiger partial charge in [0.15, 0.2) is 0 Å². The number of hydrogen-bond donors (Lipinski definition) is 5. The molecule has 5 nitrogen and oxygen atoms in total. The number of rotatable bonds is 5. The van der Waals surface area contributed by atoms with Crippen LogP contribution in [0.1, 0.15) is 44.5 Å². The molecule has 0 aliphatic heterocycles. The second-order valence-corrected chi connectivity index (χ2v) is 7.57. The lowest BCUT2D eigenvalue weighted by Gasteiger charge is -2.17. The molecule has 3 aromatic rings. The Bertz CT molecular complexity index is 1070. The van der Waals surface area contributed by atoms with Crippen LogP contribution in [-0.2, 0) is 19.4 Å². The minimum atomic E-state index is -0.485. The predicted octanol–water partition coefficient (Wildman–Crippen LogP) is 4.11. The van der Waals surface area contributed by atoms with Gasteiger partial charge in [-0.3, -0.25) is 0 Å². The third kappa shape index (κ3) is 4.15. The van der Waals surface area contributed by atoms with Crippen molar-refractivity contribution in [3.63, 3.8) is 0 Å². The first kappa shape index (κ1) is 20.6. The quantitative estimate of drug-likeness (QED) is 0.448. The third-order valence-corrected chi connectivity index (χ3v) is 5.38. The van der Waals surface area contributed by atoms with Crippen molar-refractivity contribution >= 4 is 0 Å². The number of aromatic hydroxyl groups is 4. The molecule has 5 heteroatoms. The van der Waals surface area contributed by atoms with Gasteiger partial charge >= 0.3 is 0 Å². The molecule has 0 saturated heterocycles. The van der Waals surface area contributed by atoms with Gasteiger partial charge in [0.1, 0.15) is 23.0 Å². The van der Waals surface area contributed by atoms with Crippen LogP contribution in [0.3, 0.4) is 0 Å². The van der Waals surface area contributed by atoms with Gasteiger partial charge in [0, 0.05) is 12.8 Å². The summed E-state index contributed by atoms with van der Waals surface area (Å²) in [6.45, 7) is 5.02. The summed E-state index contributed by atoms with van der Waals surface area (Å²) < 4.78 is 0. The second-order valence-electron chi connectivity index (χ2n) is 7.57. The van der Waals surface area contributed by atoms with Crippen molar-refractivity contribution in [2.24, 2.45) is 0 Å². The number of hydrogen-bond acceptors (Lipinski definition) is 5. The summed E-state index contributed by atoms with van der Waals surface area (Å²) in [5, 5.41) is 50.5. The van der Waals surface area contributed by atoms with E-state index in [1.54, 1.807) is 31.2 Å². The molecule has 0 unspecified atom stereocenters. The molecule has 0 atom stereocenters. The first-order valence-corrected chi connectivity index (χ1v) is 9.45. The maximum Gasteiger partial charge on any atom is 0.128 e. The molecular weight excluding hydrogens is 368 g/mol. The molecule has 0 aliphatic rings. The average molecular weight is 394 g/mol. The summed E-state index contributed by atoms with van der Waals surface area (Å²) in [5.41, 5.74) is 5.47. The fraction of sp³-hybridized carbons (Fsp3) is 0.250. The van der Waals surface area contributed by atoms with Gasteiger partial charge in [-0.05, 0) is 77.9 Å². The van der Waals surface area contributed by atoms with Gasteiger partial charge in [-0.2, -0.15) is 0 Å². The number of aliphatic hydroxyl groups is 1. The van der Waals surface area contributed by atoms with Gasteiger partial charge in [0.2, 0.25) is 0 Å². The van der Waals surface area contributed by atoms with E-state index in [2.05, 4.69) is 0 Å². The van der Waals surface area contributed by atoms with Crippen LogP contribution in [0.2, 0.25) is 0 Å². The third-order valence-electron chi connectivity index (χ3n) is 5.38. The topological polar surface area (TPSA) is 101 Å². The standard InChI is InChI=1S/C24H26O5/c1-13-8-22(27)15(3)7-17(13)10-19-11-18(23(28)20(12-25)24(19)29)9-16-4-5-21(26)14(2)6-16/h4-8,11,25-29H,9-10,12H2,1-3H3. The highest BCUT2D eigenvalue weighted by Gasteiger charge is 2.18.